The molecule has 2 rings (SSSR count). The number of rotatable bonds is 3. The summed E-state index contributed by atoms with van der Waals surface area (Å²) in [6.45, 7) is 4.18. The lowest BCUT2D eigenvalue weighted by atomic mass is 9.93. The highest BCUT2D eigenvalue weighted by atomic mass is 35.5. The maximum Gasteiger partial charge on any atom is 0.137 e. The van der Waals surface area contributed by atoms with Crippen LogP contribution in [0.2, 0.25) is 5.02 Å². The van der Waals surface area contributed by atoms with E-state index in [0.29, 0.717) is 10.8 Å². The molecule has 2 aromatic rings. The normalized spacial score (nSPS) is 12.3. The molecule has 0 aliphatic rings. The summed E-state index contributed by atoms with van der Waals surface area (Å²) in [6.07, 6.45) is 0. The van der Waals surface area contributed by atoms with E-state index in [0.717, 1.165) is 11.1 Å². The first kappa shape index (κ1) is 13.9. The Bertz CT molecular complexity index is 595. The van der Waals surface area contributed by atoms with Crippen molar-refractivity contribution in [2.24, 2.45) is 5.73 Å². The third kappa shape index (κ3) is 2.75. The van der Waals surface area contributed by atoms with E-state index in [4.69, 9.17) is 22.1 Å². The van der Waals surface area contributed by atoms with Crippen molar-refractivity contribution in [2.45, 2.75) is 19.9 Å². The molecule has 0 heterocycles. The molecule has 2 aromatic carbocycles. The molecule has 0 aliphatic heterocycles. The van der Waals surface area contributed by atoms with Gasteiger partial charge in [0.25, 0.3) is 0 Å². The van der Waals surface area contributed by atoms with Gasteiger partial charge in [0, 0.05) is 0 Å². The summed E-state index contributed by atoms with van der Waals surface area (Å²) >= 11 is 6.15. The average molecular weight is 276 g/mol. The van der Waals surface area contributed by atoms with Crippen LogP contribution in [0.25, 0.3) is 0 Å². The number of nitrogens with two attached hydrogens (primary N) is 1. The Morgan fingerprint density at radius 3 is 2.53 bits per heavy atom. The molecular weight excluding hydrogens is 258 g/mol. The first-order valence-corrected chi connectivity index (χ1v) is 6.57. The number of hydrogen-bond acceptors (Lipinski definition) is 2. The molecule has 3 heteroatoms. The Labute approximate surface area is 119 Å². The summed E-state index contributed by atoms with van der Waals surface area (Å²) in [5.41, 5.74) is 10.9. The van der Waals surface area contributed by atoms with Crippen LogP contribution in [0.1, 0.15) is 28.3 Å². The van der Waals surface area contributed by atoms with Crippen LogP contribution in [-0.2, 0) is 0 Å². The molecule has 0 aromatic heterocycles. The fraction of sp³-hybridized carbons (Fsp3) is 0.250. The zero-order valence-corrected chi connectivity index (χ0v) is 12.2. The van der Waals surface area contributed by atoms with Gasteiger partial charge in [-0.05, 0) is 48.2 Å². The summed E-state index contributed by atoms with van der Waals surface area (Å²) in [7, 11) is 1.60. The first-order valence-electron chi connectivity index (χ1n) is 6.19. The lowest BCUT2D eigenvalue weighted by molar-refractivity contribution is 0.415. The molecule has 1 unspecified atom stereocenters. The number of hydrogen-bond donors (Lipinski definition) is 1. The second-order valence-corrected chi connectivity index (χ2v) is 5.07. The van der Waals surface area contributed by atoms with Gasteiger partial charge in [-0.3, -0.25) is 0 Å². The highest BCUT2D eigenvalue weighted by molar-refractivity contribution is 6.32. The molecule has 0 saturated carbocycles. The lowest BCUT2D eigenvalue weighted by Crippen LogP contribution is -2.13. The summed E-state index contributed by atoms with van der Waals surface area (Å²) in [5.74, 6) is 0.665. The summed E-state index contributed by atoms with van der Waals surface area (Å²) < 4.78 is 5.16. The molecule has 0 aliphatic carbocycles. The molecule has 2 N–H and O–H groups in total. The largest absolute Gasteiger partial charge is 0.495 e. The maximum absolute atomic E-state index is 6.35. The maximum atomic E-state index is 6.35. The second kappa shape index (κ2) is 5.64. The molecule has 2 nitrogen and oxygen atoms in total. The minimum absolute atomic E-state index is 0.177. The quantitative estimate of drug-likeness (QED) is 0.918. The van der Waals surface area contributed by atoms with E-state index >= 15 is 0 Å². The van der Waals surface area contributed by atoms with E-state index in [1.807, 2.05) is 24.3 Å². The van der Waals surface area contributed by atoms with Gasteiger partial charge < -0.3 is 10.5 Å². The number of methoxy groups -OCH3 is 1. The Morgan fingerprint density at radius 2 is 1.89 bits per heavy atom. The van der Waals surface area contributed by atoms with Gasteiger partial charge >= 0.3 is 0 Å². The molecule has 1 atom stereocenters. The van der Waals surface area contributed by atoms with Gasteiger partial charge in [0.1, 0.15) is 5.75 Å². The van der Waals surface area contributed by atoms with Crippen molar-refractivity contribution in [2.75, 3.05) is 7.11 Å². The summed E-state index contributed by atoms with van der Waals surface area (Å²) in [5, 5.41) is 0.584. The van der Waals surface area contributed by atoms with E-state index in [1.165, 1.54) is 11.1 Å². The third-order valence-corrected chi connectivity index (χ3v) is 3.81. The van der Waals surface area contributed by atoms with Crippen molar-refractivity contribution in [3.05, 3.63) is 63.7 Å². The van der Waals surface area contributed by atoms with Crippen molar-refractivity contribution in [3.63, 3.8) is 0 Å². The zero-order valence-electron chi connectivity index (χ0n) is 11.4. The monoisotopic (exact) mass is 275 g/mol. The number of benzene rings is 2. The summed E-state index contributed by atoms with van der Waals surface area (Å²) in [6, 6.07) is 11.7. The van der Waals surface area contributed by atoms with Crippen LogP contribution in [0, 0.1) is 13.8 Å². The molecule has 100 valence electrons. The van der Waals surface area contributed by atoms with Crippen LogP contribution in [0.5, 0.6) is 5.75 Å². The van der Waals surface area contributed by atoms with Crippen molar-refractivity contribution < 1.29 is 4.74 Å². The molecule has 0 fully saturated rings. The van der Waals surface area contributed by atoms with Gasteiger partial charge in [-0.15, -0.1) is 0 Å². The van der Waals surface area contributed by atoms with E-state index in [1.54, 1.807) is 7.11 Å². The van der Waals surface area contributed by atoms with Gasteiger partial charge in [-0.1, -0.05) is 35.9 Å². The van der Waals surface area contributed by atoms with Gasteiger partial charge in [-0.25, -0.2) is 0 Å². The smallest absolute Gasteiger partial charge is 0.137 e. The van der Waals surface area contributed by atoms with Crippen LogP contribution in [0.15, 0.2) is 36.4 Å². The average Bonchev–Trinajstić information content (AvgIpc) is 2.41. The third-order valence-electron chi connectivity index (χ3n) is 3.52. The van der Waals surface area contributed by atoms with E-state index < -0.39 is 0 Å². The Morgan fingerprint density at radius 1 is 1.16 bits per heavy atom. The van der Waals surface area contributed by atoms with Crippen LogP contribution in [0.3, 0.4) is 0 Å². The molecular formula is C16H18ClNO. The van der Waals surface area contributed by atoms with E-state index in [9.17, 15) is 0 Å². The van der Waals surface area contributed by atoms with Gasteiger partial charge in [-0.2, -0.15) is 0 Å². The zero-order chi connectivity index (χ0) is 14.0. The van der Waals surface area contributed by atoms with Crippen LogP contribution in [0.4, 0.5) is 0 Å². The molecule has 19 heavy (non-hydrogen) atoms. The minimum atomic E-state index is -0.177. The lowest BCUT2D eigenvalue weighted by Gasteiger charge is -2.17. The second-order valence-electron chi connectivity index (χ2n) is 4.66. The Kier molecular flexibility index (Phi) is 4.13. The van der Waals surface area contributed by atoms with Crippen LogP contribution in [-0.4, -0.2) is 7.11 Å². The standard InChI is InChI=1S/C16H18ClNO/c1-10-5-4-6-13(11(10)2)16(18)12-7-8-15(19-3)14(17)9-12/h4-9,16H,18H2,1-3H3. The first-order chi connectivity index (χ1) is 9.04. The van der Waals surface area contributed by atoms with Gasteiger partial charge in [0.2, 0.25) is 0 Å². The fourth-order valence-electron chi connectivity index (χ4n) is 2.17. The number of halogens is 1. The molecule has 0 spiro atoms. The molecule has 0 bridgehead atoms. The molecule has 0 saturated heterocycles. The molecule has 0 radical (unpaired) electrons. The summed E-state index contributed by atoms with van der Waals surface area (Å²) in [4.78, 5) is 0. The van der Waals surface area contributed by atoms with Crippen LogP contribution >= 0.6 is 11.6 Å². The highest BCUT2D eigenvalue weighted by Gasteiger charge is 2.14. The highest BCUT2D eigenvalue weighted by Crippen LogP contribution is 2.30. The van der Waals surface area contributed by atoms with Crippen molar-refractivity contribution in [3.8, 4) is 5.75 Å². The van der Waals surface area contributed by atoms with Crippen LogP contribution < -0.4 is 10.5 Å². The number of ether oxygens (including phenoxy) is 1. The van der Waals surface area contributed by atoms with E-state index in [-0.39, 0.29) is 6.04 Å². The topological polar surface area (TPSA) is 35.2 Å². The molecule has 0 amide bonds. The SMILES string of the molecule is COc1ccc(C(N)c2cccc(C)c2C)cc1Cl. The van der Waals surface area contributed by atoms with Crippen molar-refractivity contribution in [1.29, 1.82) is 0 Å². The Hall–Kier alpha value is -1.51. The minimum Gasteiger partial charge on any atom is -0.495 e. The van der Waals surface area contributed by atoms with Crippen molar-refractivity contribution >= 4 is 11.6 Å². The van der Waals surface area contributed by atoms with Gasteiger partial charge in [0.05, 0.1) is 18.2 Å². The Balaban J connectivity index is 2.41. The fourth-order valence-corrected chi connectivity index (χ4v) is 2.43. The van der Waals surface area contributed by atoms with Gasteiger partial charge in [0.15, 0.2) is 0 Å². The predicted molar refractivity (Wildman–Crippen MR) is 80.0 cm³/mol. The predicted octanol–water partition coefficient (Wildman–Crippen LogP) is 4.01. The van der Waals surface area contributed by atoms with E-state index in [2.05, 4.69) is 26.0 Å². The number of aryl methyl sites for hydroxylation is 1. The van der Waals surface area contributed by atoms with Crippen molar-refractivity contribution in [1.82, 2.24) is 0 Å².